The second kappa shape index (κ2) is 8.81. The highest BCUT2D eigenvalue weighted by Crippen LogP contribution is 2.32. The number of hydrogen-bond donors (Lipinski definition) is 1. The normalized spacial score (nSPS) is 22.4. The minimum Gasteiger partial charge on any atom is -0.314 e. The average Bonchev–Trinajstić information content (AvgIpc) is 2.55. The number of sulfonamides is 1. The van der Waals surface area contributed by atoms with Crippen LogP contribution in [0.3, 0.4) is 0 Å². The maximum atomic E-state index is 11.5. The van der Waals surface area contributed by atoms with Crippen molar-refractivity contribution in [1.82, 2.24) is 9.62 Å². The summed E-state index contributed by atoms with van der Waals surface area (Å²) in [5.74, 6) is 0.704. The molecule has 0 unspecified atom stereocenters. The predicted molar refractivity (Wildman–Crippen MR) is 96.1 cm³/mol. The molecule has 1 aromatic carbocycles. The van der Waals surface area contributed by atoms with Crippen molar-refractivity contribution in [2.45, 2.75) is 51.0 Å². The van der Waals surface area contributed by atoms with Gasteiger partial charge in [0.15, 0.2) is 0 Å². The molecule has 130 valence electrons. The fourth-order valence-corrected chi connectivity index (χ4v) is 4.41. The molecule has 5 heteroatoms. The van der Waals surface area contributed by atoms with Crippen molar-refractivity contribution in [2.75, 3.05) is 25.9 Å². The fraction of sp³-hybridized carbons (Fsp3) is 0.667. The molecule has 0 saturated heterocycles. The first-order valence-electron chi connectivity index (χ1n) is 8.74. The van der Waals surface area contributed by atoms with E-state index in [-0.39, 0.29) is 0 Å². The van der Waals surface area contributed by atoms with Gasteiger partial charge in [0.25, 0.3) is 0 Å². The number of benzene rings is 1. The van der Waals surface area contributed by atoms with E-state index in [2.05, 4.69) is 35.6 Å². The minimum absolute atomic E-state index is 0.557. The maximum absolute atomic E-state index is 11.5. The first kappa shape index (κ1) is 18.4. The lowest BCUT2D eigenvalue weighted by atomic mass is 9.82. The average molecular weight is 339 g/mol. The quantitative estimate of drug-likeness (QED) is 0.741. The summed E-state index contributed by atoms with van der Waals surface area (Å²) in [6.45, 7) is 3.95. The van der Waals surface area contributed by atoms with E-state index >= 15 is 0 Å². The first-order chi connectivity index (χ1) is 11.0. The lowest BCUT2D eigenvalue weighted by Crippen LogP contribution is -2.36. The Labute approximate surface area is 141 Å². The molecule has 1 aromatic rings. The van der Waals surface area contributed by atoms with Crippen LogP contribution in [0.5, 0.6) is 0 Å². The molecule has 0 amide bonds. The van der Waals surface area contributed by atoms with Gasteiger partial charge in [-0.1, -0.05) is 37.3 Å². The van der Waals surface area contributed by atoms with Gasteiger partial charge in [0.2, 0.25) is 10.0 Å². The van der Waals surface area contributed by atoms with E-state index in [1.165, 1.54) is 37.5 Å². The van der Waals surface area contributed by atoms with Crippen LogP contribution in [0.15, 0.2) is 30.3 Å². The monoisotopic (exact) mass is 338 g/mol. The summed E-state index contributed by atoms with van der Waals surface area (Å²) in [6.07, 6.45) is 7.07. The smallest absolute Gasteiger partial charge is 0.211 e. The van der Waals surface area contributed by atoms with E-state index in [1.54, 1.807) is 4.31 Å². The van der Waals surface area contributed by atoms with E-state index in [4.69, 9.17) is 0 Å². The molecule has 0 aliphatic heterocycles. The molecule has 1 aliphatic carbocycles. The van der Waals surface area contributed by atoms with Crippen LogP contribution in [0.25, 0.3) is 0 Å². The summed E-state index contributed by atoms with van der Waals surface area (Å²) in [5.41, 5.74) is 1.47. The zero-order valence-electron chi connectivity index (χ0n) is 14.4. The summed E-state index contributed by atoms with van der Waals surface area (Å²) in [6, 6.07) is 11.4. The van der Waals surface area contributed by atoms with Gasteiger partial charge in [-0.2, -0.15) is 0 Å². The Balaban J connectivity index is 1.65. The Hall–Kier alpha value is -0.910. The van der Waals surface area contributed by atoms with E-state index in [0.717, 1.165) is 13.0 Å². The van der Waals surface area contributed by atoms with Crippen molar-refractivity contribution in [3.63, 3.8) is 0 Å². The van der Waals surface area contributed by atoms with Crippen LogP contribution >= 0.6 is 0 Å². The molecule has 0 atom stereocenters. The summed E-state index contributed by atoms with van der Waals surface area (Å²) in [5, 5.41) is 3.60. The zero-order valence-corrected chi connectivity index (χ0v) is 15.2. The molecule has 1 N–H and O–H groups in total. The standard InChI is InChI=1S/C18H30N2O2S/c1-3-20(23(2,21)22)15-7-14-19-18-12-10-17(11-13-18)16-8-5-4-6-9-16/h4-6,8-9,17-19H,3,7,10-15H2,1-2H3. The summed E-state index contributed by atoms with van der Waals surface area (Å²) >= 11 is 0. The molecule has 1 aliphatic rings. The highest BCUT2D eigenvalue weighted by atomic mass is 32.2. The Morgan fingerprint density at radius 2 is 1.78 bits per heavy atom. The van der Waals surface area contributed by atoms with Gasteiger partial charge < -0.3 is 5.32 Å². The van der Waals surface area contributed by atoms with Crippen LogP contribution in [0.2, 0.25) is 0 Å². The van der Waals surface area contributed by atoms with Crippen molar-refractivity contribution in [3.05, 3.63) is 35.9 Å². The lowest BCUT2D eigenvalue weighted by Gasteiger charge is -2.29. The molecule has 1 fully saturated rings. The van der Waals surface area contributed by atoms with Crippen molar-refractivity contribution in [3.8, 4) is 0 Å². The molecule has 0 bridgehead atoms. The molecule has 4 nitrogen and oxygen atoms in total. The van der Waals surface area contributed by atoms with Crippen LogP contribution in [0.4, 0.5) is 0 Å². The number of nitrogens with one attached hydrogen (secondary N) is 1. The van der Waals surface area contributed by atoms with Gasteiger partial charge in [0, 0.05) is 19.1 Å². The summed E-state index contributed by atoms with van der Waals surface area (Å²) in [7, 11) is -3.05. The second-order valence-corrected chi connectivity index (χ2v) is 8.50. The molecule has 0 aromatic heterocycles. The molecular weight excluding hydrogens is 308 g/mol. The van der Waals surface area contributed by atoms with Crippen molar-refractivity contribution < 1.29 is 8.42 Å². The lowest BCUT2D eigenvalue weighted by molar-refractivity contribution is 0.335. The Kier molecular flexibility index (Phi) is 7.06. The summed E-state index contributed by atoms with van der Waals surface area (Å²) in [4.78, 5) is 0. The Morgan fingerprint density at radius 3 is 2.35 bits per heavy atom. The SMILES string of the molecule is CCN(CCCNC1CCC(c2ccccc2)CC1)S(C)(=O)=O. The number of rotatable bonds is 8. The fourth-order valence-electron chi connectivity index (χ4n) is 3.48. The van der Waals surface area contributed by atoms with Gasteiger partial charge in [-0.25, -0.2) is 12.7 Å². The van der Waals surface area contributed by atoms with E-state index in [1.807, 2.05) is 6.92 Å². The van der Waals surface area contributed by atoms with Crippen LogP contribution in [0, 0.1) is 0 Å². The van der Waals surface area contributed by atoms with Gasteiger partial charge in [0.05, 0.1) is 6.26 Å². The van der Waals surface area contributed by atoms with E-state index < -0.39 is 10.0 Å². The Bertz CT molecular complexity index is 552. The molecule has 2 rings (SSSR count). The zero-order chi connectivity index (χ0) is 16.7. The molecule has 0 heterocycles. The van der Waals surface area contributed by atoms with E-state index in [9.17, 15) is 8.42 Å². The van der Waals surface area contributed by atoms with Gasteiger partial charge >= 0.3 is 0 Å². The molecule has 0 radical (unpaired) electrons. The Morgan fingerprint density at radius 1 is 1.13 bits per heavy atom. The van der Waals surface area contributed by atoms with Gasteiger partial charge in [-0.3, -0.25) is 0 Å². The van der Waals surface area contributed by atoms with Crippen LogP contribution in [-0.4, -0.2) is 44.7 Å². The highest BCUT2D eigenvalue weighted by molar-refractivity contribution is 7.88. The summed E-state index contributed by atoms with van der Waals surface area (Å²) < 4.78 is 24.6. The van der Waals surface area contributed by atoms with Crippen molar-refractivity contribution in [1.29, 1.82) is 0 Å². The number of nitrogens with zero attached hydrogens (tertiary/aromatic N) is 1. The van der Waals surface area contributed by atoms with Crippen LogP contribution in [0.1, 0.15) is 50.5 Å². The molecule has 1 saturated carbocycles. The third-order valence-electron chi connectivity index (χ3n) is 4.84. The van der Waals surface area contributed by atoms with E-state index in [0.29, 0.717) is 25.0 Å². The third-order valence-corrected chi connectivity index (χ3v) is 6.22. The van der Waals surface area contributed by atoms with Gasteiger partial charge in [-0.15, -0.1) is 0 Å². The maximum Gasteiger partial charge on any atom is 0.211 e. The van der Waals surface area contributed by atoms with Gasteiger partial charge in [0.1, 0.15) is 0 Å². The number of hydrogen-bond acceptors (Lipinski definition) is 3. The van der Waals surface area contributed by atoms with Crippen LogP contribution in [-0.2, 0) is 10.0 Å². The molecule has 0 spiro atoms. The van der Waals surface area contributed by atoms with Crippen molar-refractivity contribution >= 4 is 10.0 Å². The van der Waals surface area contributed by atoms with Crippen molar-refractivity contribution in [2.24, 2.45) is 0 Å². The van der Waals surface area contributed by atoms with Gasteiger partial charge in [-0.05, 0) is 50.1 Å². The second-order valence-electron chi connectivity index (χ2n) is 6.52. The topological polar surface area (TPSA) is 49.4 Å². The minimum atomic E-state index is -3.05. The highest BCUT2D eigenvalue weighted by Gasteiger charge is 2.21. The first-order valence-corrected chi connectivity index (χ1v) is 10.6. The van der Waals surface area contributed by atoms with Crippen LogP contribution < -0.4 is 5.32 Å². The predicted octanol–water partition coefficient (Wildman–Crippen LogP) is 2.97. The largest absolute Gasteiger partial charge is 0.314 e. The molecular formula is C18H30N2O2S. The third kappa shape index (κ3) is 5.90. The molecule has 23 heavy (non-hydrogen) atoms.